The third-order valence-electron chi connectivity index (χ3n) is 3.71. The van der Waals surface area contributed by atoms with Crippen LogP contribution in [-0.2, 0) is 18.8 Å². The van der Waals surface area contributed by atoms with Crippen LogP contribution >= 0.6 is 0 Å². The molecule has 1 heterocycles. The lowest BCUT2D eigenvalue weighted by Crippen LogP contribution is -2.41. The molecule has 0 aromatic carbocycles. The first-order valence-corrected chi connectivity index (χ1v) is 6.30. The number of hydrogen-bond acceptors (Lipinski definition) is 4. The van der Waals surface area contributed by atoms with Gasteiger partial charge in [0.1, 0.15) is 0 Å². The Morgan fingerprint density at radius 2 is 1.56 bits per heavy atom. The molecule has 104 valence electrons. The van der Waals surface area contributed by atoms with Crippen molar-refractivity contribution in [3.05, 3.63) is 11.5 Å². The van der Waals surface area contributed by atoms with Crippen molar-refractivity contribution in [2.75, 3.05) is 14.2 Å². The van der Waals surface area contributed by atoms with E-state index in [-0.39, 0.29) is 24.6 Å². The van der Waals surface area contributed by atoms with Crippen LogP contribution in [0.3, 0.4) is 0 Å². The van der Waals surface area contributed by atoms with Gasteiger partial charge in [-0.05, 0) is 34.6 Å². The minimum atomic E-state index is -0.302. The van der Waals surface area contributed by atoms with Gasteiger partial charge in [-0.1, -0.05) is 11.5 Å². The molecule has 1 saturated heterocycles. The van der Waals surface area contributed by atoms with Crippen LogP contribution in [0, 0.1) is 0 Å². The molecule has 1 aliphatic rings. The molecule has 1 fully saturated rings. The molecule has 0 aromatic heterocycles. The molecule has 18 heavy (non-hydrogen) atoms. The van der Waals surface area contributed by atoms with Gasteiger partial charge in [-0.25, -0.2) is 0 Å². The molecule has 0 saturated carbocycles. The van der Waals surface area contributed by atoms with Gasteiger partial charge in [0, 0.05) is 20.6 Å². The highest BCUT2D eigenvalue weighted by Gasteiger charge is 2.50. The topological polar surface area (TPSA) is 36.9 Å². The Balaban J connectivity index is 2.63. The van der Waals surface area contributed by atoms with Gasteiger partial charge in [-0.3, -0.25) is 0 Å². The van der Waals surface area contributed by atoms with Gasteiger partial charge in [0.25, 0.3) is 0 Å². The minimum Gasteiger partial charge on any atom is -0.400 e. The van der Waals surface area contributed by atoms with Crippen LogP contribution in [0.1, 0.15) is 41.0 Å². The van der Waals surface area contributed by atoms with Crippen LogP contribution in [0.2, 0.25) is 0 Å². The maximum Gasteiger partial charge on any atom is 0.487 e. The first kappa shape index (κ1) is 15.7. The Kier molecular flexibility index (Phi) is 5.01. The van der Waals surface area contributed by atoms with E-state index >= 15 is 0 Å². The summed E-state index contributed by atoms with van der Waals surface area (Å²) in [7, 11) is 2.97. The highest BCUT2D eigenvalue weighted by Crippen LogP contribution is 2.37. The summed E-state index contributed by atoms with van der Waals surface area (Å²) in [5.41, 5.74) is 0.536. The molecular weight excluding hydrogens is 231 g/mol. The molecule has 1 aliphatic heterocycles. The van der Waals surface area contributed by atoms with E-state index < -0.39 is 0 Å². The van der Waals surface area contributed by atoms with E-state index in [2.05, 4.69) is 0 Å². The molecule has 5 heteroatoms. The normalized spacial score (nSPS) is 22.9. The van der Waals surface area contributed by atoms with Crippen molar-refractivity contribution in [2.24, 2.45) is 0 Å². The van der Waals surface area contributed by atoms with Crippen LogP contribution in [-0.4, -0.2) is 38.8 Å². The molecule has 0 bridgehead atoms. The van der Waals surface area contributed by atoms with Crippen molar-refractivity contribution in [1.82, 2.24) is 0 Å². The van der Waals surface area contributed by atoms with Crippen LogP contribution in [0.15, 0.2) is 11.5 Å². The Bertz CT molecular complexity index is 292. The van der Waals surface area contributed by atoms with Crippen LogP contribution in [0.25, 0.3) is 0 Å². The average molecular weight is 256 g/mol. The summed E-state index contributed by atoms with van der Waals surface area (Å²) in [6.45, 7) is 10.2. The molecule has 1 rings (SSSR count). The van der Waals surface area contributed by atoms with Crippen molar-refractivity contribution in [3.63, 3.8) is 0 Å². The molecule has 0 radical (unpaired) electrons. The third-order valence-corrected chi connectivity index (χ3v) is 3.71. The molecule has 0 N–H and O–H groups in total. The standard InChI is InChI=1S/C13H25BO4/c1-10(8-11(15-6)16-7)9-14-17-12(2,3)13(4,5)18-14/h9,11H,8H2,1-7H3. The van der Waals surface area contributed by atoms with E-state index in [4.69, 9.17) is 18.8 Å². The molecule has 0 unspecified atom stereocenters. The zero-order valence-electron chi connectivity index (χ0n) is 12.6. The molecule has 0 spiro atoms. The Labute approximate surface area is 111 Å². The summed E-state index contributed by atoms with van der Waals surface area (Å²) in [6.07, 6.45) is 0.487. The lowest BCUT2D eigenvalue weighted by atomic mass is 9.86. The summed E-state index contributed by atoms with van der Waals surface area (Å²) in [5.74, 6) is 1.99. The van der Waals surface area contributed by atoms with E-state index in [0.717, 1.165) is 5.57 Å². The predicted molar refractivity (Wildman–Crippen MR) is 72.3 cm³/mol. The van der Waals surface area contributed by atoms with E-state index in [1.54, 1.807) is 14.2 Å². The zero-order chi connectivity index (χ0) is 14.0. The van der Waals surface area contributed by atoms with Crippen LogP contribution < -0.4 is 0 Å². The van der Waals surface area contributed by atoms with Gasteiger partial charge < -0.3 is 18.8 Å². The average Bonchev–Trinajstić information content (AvgIpc) is 2.43. The quantitative estimate of drug-likeness (QED) is 0.559. The monoisotopic (exact) mass is 256 g/mol. The second kappa shape index (κ2) is 5.74. The maximum absolute atomic E-state index is 5.90. The lowest BCUT2D eigenvalue weighted by molar-refractivity contribution is -0.100. The lowest BCUT2D eigenvalue weighted by Gasteiger charge is -2.32. The second-order valence-corrected chi connectivity index (χ2v) is 5.74. The Morgan fingerprint density at radius 3 is 1.94 bits per heavy atom. The first-order valence-electron chi connectivity index (χ1n) is 6.30. The number of hydrogen-bond donors (Lipinski definition) is 0. The van der Waals surface area contributed by atoms with Crippen molar-refractivity contribution < 1.29 is 18.8 Å². The van der Waals surface area contributed by atoms with Gasteiger partial charge in [0.2, 0.25) is 0 Å². The molecule has 0 atom stereocenters. The van der Waals surface area contributed by atoms with Crippen LogP contribution in [0.5, 0.6) is 0 Å². The molecule has 0 amide bonds. The summed E-state index contributed by atoms with van der Waals surface area (Å²) in [6, 6.07) is 0. The fourth-order valence-electron chi connectivity index (χ4n) is 1.78. The van der Waals surface area contributed by atoms with E-state index in [0.29, 0.717) is 6.42 Å². The zero-order valence-corrected chi connectivity index (χ0v) is 12.6. The van der Waals surface area contributed by atoms with Crippen molar-refractivity contribution in [1.29, 1.82) is 0 Å². The SMILES string of the molecule is COC(CC(C)=CB1OC(C)(C)C(C)(C)O1)OC. The van der Waals surface area contributed by atoms with Crippen LogP contribution in [0.4, 0.5) is 0 Å². The summed E-state index contributed by atoms with van der Waals surface area (Å²) < 4.78 is 22.2. The highest BCUT2D eigenvalue weighted by molar-refractivity contribution is 6.51. The van der Waals surface area contributed by atoms with Gasteiger partial charge in [0.05, 0.1) is 11.2 Å². The molecule has 0 aromatic rings. The number of ether oxygens (including phenoxy) is 2. The van der Waals surface area contributed by atoms with Gasteiger partial charge >= 0.3 is 7.12 Å². The van der Waals surface area contributed by atoms with E-state index in [1.807, 2.05) is 40.6 Å². The second-order valence-electron chi connectivity index (χ2n) is 5.74. The molecule has 0 aliphatic carbocycles. The molecule has 4 nitrogen and oxygen atoms in total. The van der Waals surface area contributed by atoms with Gasteiger partial charge in [-0.2, -0.15) is 0 Å². The number of rotatable bonds is 5. The highest BCUT2D eigenvalue weighted by atomic mass is 16.7. The van der Waals surface area contributed by atoms with Gasteiger partial charge in [-0.15, -0.1) is 0 Å². The smallest absolute Gasteiger partial charge is 0.400 e. The van der Waals surface area contributed by atoms with E-state index in [9.17, 15) is 0 Å². The van der Waals surface area contributed by atoms with E-state index in [1.165, 1.54) is 0 Å². The summed E-state index contributed by atoms with van der Waals surface area (Å²) in [5, 5.41) is 0. The van der Waals surface area contributed by atoms with Crippen molar-refractivity contribution in [3.8, 4) is 0 Å². The third kappa shape index (κ3) is 3.57. The Hall–Kier alpha value is -0.355. The van der Waals surface area contributed by atoms with Crippen molar-refractivity contribution >= 4 is 7.12 Å². The van der Waals surface area contributed by atoms with Crippen molar-refractivity contribution in [2.45, 2.75) is 58.5 Å². The minimum absolute atomic E-state index is 0.219. The number of methoxy groups -OCH3 is 2. The predicted octanol–water partition coefficient (Wildman–Crippen LogP) is 2.57. The Morgan fingerprint density at radius 1 is 1.11 bits per heavy atom. The summed E-state index contributed by atoms with van der Waals surface area (Å²) >= 11 is 0. The molecular formula is C13H25BO4. The van der Waals surface area contributed by atoms with Gasteiger partial charge in [0.15, 0.2) is 6.29 Å². The largest absolute Gasteiger partial charge is 0.487 e. The first-order chi connectivity index (χ1) is 8.21. The maximum atomic E-state index is 5.90. The fraction of sp³-hybridized carbons (Fsp3) is 0.846. The summed E-state index contributed by atoms with van der Waals surface area (Å²) in [4.78, 5) is 0. The fourth-order valence-corrected chi connectivity index (χ4v) is 1.78.